The molecule has 0 aliphatic heterocycles. The summed E-state index contributed by atoms with van der Waals surface area (Å²) in [6, 6.07) is 20.6. The molecular weight excluding hydrogens is 527 g/mol. The van der Waals surface area contributed by atoms with Gasteiger partial charge in [-0.25, -0.2) is 14.2 Å². The van der Waals surface area contributed by atoms with Crippen molar-refractivity contribution in [1.29, 1.82) is 0 Å². The number of imidazole rings is 1. The highest BCUT2D eigenvalue weighted by Gasteiger charge is 2.31. The molecule has 39 heavy (non-hydrogen) atoms. The first-order chi connectivity index (χ1) is 18.7. The van der Waals surface area contributed by atoms with E-state index in [2.05, 4.69) is 24.2 Å². The van der Waals surface area contributed by atoms with Crippen LogP contribution in [0.5, 0.6) is 5.75 Å². The van der Waals surface area contributed by atoms with E-state index < -0.39 is 6.36 Å². The number of nitrogens with one attached hydrogen (secondary N) is 2. The van der Waals surface area contributed by atoms with Crippen molar-refractivity contribution in [1.82, 2.24) is 14.3 Å². The van der Waals surface area contributed by atoms with E-state index in [1.807, 2.05) is 62.4 Å². The van der Waals surface area contributed by atoms with Gasteiger partial charge >= 0.3 is 12.4 Å². The topological polar surface area (TPSA) is 80.5 Å². The highest BCUT2D eigenvalue weighted by molar-refractivity contribution is 7.96. The smallest absolute Gasteiger partial charge is 0.406 e. The van der Waals surface area contributed by atoms with E-state index >= 15 is 0 Å². The van der Waals surface area contributed by atoms with E-state index in [0.717, 1.165) is 56.3 Å². The minimum atomic E-state index is -4.74. The van der Waals surface area contributed by atoms with Crippen molar-refractivity contribution in [2.45, 2.75) is 20.2 Å². The lowest BCUT2D eigenvalue weighted by Gasteiger charge is -2.10. The number of hydrogen-bond acceptors (Lipinski definition) is 5. The molecule has 5 aromatic rings. The molecule has 0 unspecified atom stereocenters. The van der Waals surface area contributed by atoms with Crippen LogP contribution in [0, 0.1) is 13.8 Å². The summed E-state index contributed by atoms with van der Waals surface area (Å²) in [5.74, 6) is -0.286. The summed E-state index contributed by atoms with van der Waals surface area (Å²) in [4.78, 5) is 16.7. The average molecular weight is 550 g/mol. The van der Waals surface area contributed by atoms with Gasteiger partial charge in [-0.3, -0.25) is 9.29 Å². The van der Waals surface area contributed by atoms with Gasteiger partial charge < -0.3 is 10.1 Å². The van der Waals surface area contributed by atoms with Gasteiger partial charge in [0.15, 0.2) is 0 Å². The molecule has 7 nitrogen and oxygen atoms in total. The molecule has 0 fully saturated rings. The maximum atomic E-state index is 12.4. The molecule has 5 rings (SSSR count). The molecule has 0 atom stereocenters. The molecule has 2 N–H and O–H groups in total. The van der Waals surface area contributed by atoms with E-state index in [4.69, 9.17) is 0 Å². The lowest BCUT2D eigenvalue weighted by atomic mass is 10.1. The number of fused-ring (bicyclic) bond motifs is 3. The number of anilines is 1. The van der Waals surface area contributed by atoms with Crippen molar-refractivity contribution in [2.24, 2.45) is 4.40 Å². The van der Waals surface area contributed by atoms with E-state index in [9.17, 15) is 18.0 Å². The first kappa shape index (κ1) is 26.1. The fourth-order valence-electron chi connectivity index (χ4n) is 4.18. The monoisotopic (exact) mass is 549 g/mol. The number of amides is 2. The zero-order valence-electron chi connectivity index (χ0n) is 20.8. The van der Waals surface area contributed by atoms with Crippen LogP contribution in [0.1, 0.15) is 16.7 Å². The Morgan fingerprint density at radius 2 is 1.82 bits per heavy atom. The first-order valence-corrected chi connectivity index (χ1v) is 12.5. The summed E-state index contributed by atoms with van der Waals surface area (Å²) in [7, 11) is 0. The Morgan fingerprint density at radius 1 is 1.03 bits per heavy atom. The van der Waals surface area contributed by atoms with Crippen LogP contribution in [0.4, 0.5) is 23.7 Å². The maximum absolute atomic E-state index is 12.4. The van der Waals surface area contributed by atoms with Gasteiger partial charge in [0.2, 0.25) is 0 Å². The van der Waals surface area contributed by atoms with Crippen molar-refractivity contribution in [2.75, 3.05) is 5.32 Å². The molecule has 0 aliphatic carbocycles. The van der Waals surface area contributed by atoms with Gasteiger partial charge in [-0.15, -0.1) is 13.2 Å². The van der Waals surface area contributed by atoms with E-state index in [0.29, 0.717) is 5.69 Å². The van der Waals surface area contributed by atoms with Gasteiger partial charge in [0.1, 0.15) is 12.1 Å². The number of halogens is 3. The third-order valence-corrected chi connectivity index (χ3v) is 6.41. The zero-order valence-corrected chi connectivity index (χ0v) is 21.6. The second kappa shape index (κ2) is 10.7. The van der Waals surface area contributed by atoms with Gasteiger partial charge in [-0.2, -0.15) is 0 Å². The van der Waals surface area contributed by atoms with Crippen molar-refractivity contribution < 1.29 is 22.7 Å². The number of ether oxygens (including phenoxy) is 1. The number of aryl methyl sites for hydroxylation is 2. The minimum Gasteiger partial charge on any atom is -0.406 e. The Morgan fingerprint density at radius 3 is 2.56 bits per heavy atom. The fourth-order valence-corrected chi connectivity index (χ4v) is 4.54. The lowest BCUT2D eigenvalue weighted by molar-refractivity contribution is -0.274. The average Bonchev–Trinajstić information content (AvgIpc) is 3.32. The number of carbonyl (C=O) groups excluding carboxylic acids is 1. The van der Waals surface area contributed by atoms with E-state index in [1.165, 1.54) is 12.1 Å². The van der Waals surface area contributed by atoms with Crippen molar-refractivity contribution in [3.8, 4) is 11.4 Å². The predicted octanol–water partition coefficient (Wildman–Crippen LogP) is 7.50. The summed E-state index contributed by atoms with van der Waals surface area (Å²) >= 11 is 0.918. The van der Waals surface area contributed by atoms with Gasteiger partial charge in [0, 0.05) is 23.0 Å². The summed E-state index contributed by atoms with van der Waals surface area (Å²) in [6.07, 6.45) is -1.46. The Kier molecular flexibility index (Phi) is 7.16. The summed E-state index contributed by atoms with van der Waals surface area (Å²) in [5, 5.41) is 4.65. The molecule has 11 heteroatoms. The molecule has 1 aromatic heterocycles. The highest BCUT2D eigenvalue weighted by atomic mass is 32.2. The van der Waals surface area contributed by atoms with Crippen LogP contribution >= 0.6 is 12.1 Å². The molecule has 0 radical (unpaired) electrons. The van der Waals surface area contributed by atoms with Crippen LogP contribution in [0.25, 0.3) is 27.5 Å². The largest absolute Gasteiger partial charge is 0.573 e. The molecule has 0 bridgehead atoms. The number of rotatable bonds is 6. The first-order valence-electron chi connectivity index (χ1n) is 11.8. The van der Waals surface area contributed by atoms with Crippen LogP contribution < -0.4 is 14.8 Å². The summed E-state index contributed by atoms with van der Waals surface area (Å²) < 4.78 is 49.9. The molecule has 198 valence electrons. The number of hydrogen-bond donors (Lipinski definition) is 2. The zero-order chi connectivity index (χ0) is 27.6. The molecule has 0 aliphatic rings. The molecule has 0 saturated carbocycles. The van der Waals surface area contributed by atoms with Crippen LogP contribution in [0.2, 0.25) is 0 Å². The van der Waals surface area contributed by atoms with Crippen molar-refractivity contribution in [3.63, 3.8) is 0 Å². The number of carbonyl (C=O) groups is 1. The molecule has 2 amide bonds. The normalized spacial score (nSPS) is 11.8. The Bertz CT molecular complexity index is 1700. The SMILES string of the molecule is Cc1ccc(NC(=O)NSN=Cc2ccc3c(ccc4c3ncn4-c3ccc(OC(F)(F)F)cc3)c2)c(C)c1. The lowest BCUT2D eigenvalue weighted by Crippen LogP contribution is -2.22. The molecule has 1 heterocycles. The van der Waals surface area contributed by atoms with Crippen molar-refractivity contribution >= 4 is 51.9 Å². The Labute approximate surface area is 226 Å². The van der Waals surface area contributed by atoms with Crippen molar-refractivity contribution in [3.05, 3.63) is 95.8 Å². The molecule has 4 aromatic carbocycles. The second-order valence-corrected chi connectivity index (χ2v) is 9.37. The Hall–Kier alpha value is -4.51. The van der Waals surface area contributed by atoms with Gasteiger partial charge in [0.05, 0.1) is 23.2 Å². The molecule has 0 spiro atoms. The van der Waals surface area contributed by atoms with Crippen LogP contribution in [-0.2, 0) is 0 Å². The predicted molar refractivity (Wildman–Crippen MR) is 149 cm³/mol. The number of benzene rings is 4. The maximum Gasteiger partial charge on any atom is 0.573 e. The summed E-state index contributed by atoms with van der Waals surface area (Å²) in [6.45, 7) is 3.92. The van der Waals surface area contributed by atoms with Crippen LogP contribution in [0.15, 0.2) is 83.5 Å². The third-order valence-electron chi connectivity index (χ3n) is 5.93. The van der Waals surface area contributed by atoms with E-state index in [1.54, 1.807) is 29.2 Å². The number of nitrogens with zero attached hydrogens (tertiary/aromatic N) is 3. The van der Waals surface area contributed by atoms with Crippen LogP contribution in [-0.4, -0.2) is 28.2 Å². The number of aromatic nitrogens is 2. The second-order valence-electron chi connectivity index (χ2n) is 8.77. The summed E-state index contributed by atoms with van der Waals surface area (Å²) in [5.41, 5.74) is 5.89. The van der Waals surface area contributed by atoms with E-state index in [-0.39, 0.29) is 11.8 Å². The number of urea groups is 1. The standard InChI is InChI=1S/C28H22F3N5O2S/c1-17-3-11-24(18(2)13-17)34-27(37)35-39-33-15-19-4-10-23-20(14-19)5-12-25-26(23)32-16-36(25)21-6-8-22(9-7-21)38-28(29,30)31/h3-16H,1-2H3,(H2,34,35,37). The Balaban J connectivity index is 1.26. The van der Waals surface area contributed by atoms with Gasteiger partial charge in [-0.1, -0.05) is 35.9 Å². The number of alkyl halides is 3. The minimum absolute atomic E-state index is 0.286. The fraction of sp³-hybridized carbons (Fsp3) is 0.107. The van der Waals surface area contributed by atoms with Gasteiger partial charge in [-0.05, 0) is 72.8 Å². The van der Waals surface area contributed by atoms with Gasteiger partial charge in [0.25, 0.3) is 0 Å². The molecule has 0 saturated heterocycles. The third kappa shape index (κ3) is 6.15. The highest BCUT2D eigenvalue weighted by Crippen LogP contribution is 2.29. The molecular formula is C28H22F3N5O2S. The quantitative estimate of drug-likeness (QED) is 0.170. The van der Waals surface area contributed by atoms with Crippen LogP contribution in [0.3, 0.4) is 0 Å².